The van der Waals surface area contributed by atoms with Crippen molar-refractivity contribution in [3.63, 3.8) is 0 Å². The number of aromatic amines is 1. The summed E-state index contributed by atoms with van der Waals surface area (Å²) in [5.74, 6) is -2.52. The van der Waals surface area contributed by atoms with Gasteiger partial charge < -0.3 is 15.2 Å². The van der Waals surface area contributed by atoms with Crippen LogP contribution in [-0.2, 0) is 9.59 Å². The zero-order chi connectivity index (χ0) is 19.7. The van der Waals surface area contributed by atoms with Crippen molar-refractivity contribution in [3.05, 3.63) is 33.4 Å². The molecule has 0 radical (unpaired) electrons. The highest BCUT2D eigenvalue weighted by atomic mass is 16.4. The Kier molecular flexibility index (Phi) is 5.11. The number of carbonyl (C=O) groups is 2. The molecule has 1 aliphatic rings. The van der Waals surface area contributed by atoms with Crippen molar-refractivity contribution in [3.8, 4) is 5.95 Å². The number of aliphatic carboxylic acids is 1. The molecule has 1 fully saturated rings. The normalized spacial score (nSPS) is 19.7. The second kappa shape index (κ2) is 7.34. The zero-order valence-electron chi connectivity index (χ0n) is 15.5. The van der Waals surface area contributed by atoms with Crippen LogP contribution in [0.2, 0.25) is 0 Å². The van der Waals surface area contributed by atoms with Gasteiger partial charge in [-0.1, -0.05) is 12.8 Å². The van der Waals surface area contributed by atoms with Crippen molar-refractivity contribution in [1.29, 1.82) is 0 Å². The summed E-state index contributed by atoms with van der Waals surface area (Å²) < 4.78 is 1.35. The Hall–Kier alpha value is -2.97. The molecule has 3 rings (SSSR count). The van der Waals surface area contributed by atoms with E-state index in [1.165, 1.54) is 4.68 Å². The van der Waals surface area contributed by atoms with E-state index in [9.17, 15) is 19.5 Å². The maximum absolute atomic E-state index is 12.7. The summed E-state index contributed by atoms with van der Waals surface area (Å²) in [6.07, 6.45) is 2.50. The van der Waals surface area contributed by atoms with Crippen molar-refractivity contribution in [1.82, 2.24) is 19.7 Å². The molecule has 1 amide bonds. The zero-order valence-corrected chi connectivity index (χ0v) is 15.5. The molecule has 0 unspecified atom stereocenters. The SMILES string of the molecule is Cc1cc(NC(=O)[C@H]2CCCC[C@@H]2C(=O)[O-])n(-c2nc(C)c(C)c(=O)[nH]2)n1. The fraction of sp³-hybridized carbons (Fsp3) is 0.500. The van der Waals surface area contributed by atoms with E-state index in [0.29, 0.717) is 35.6 Å². The number of carbonyl (C=O) groups excluding carboxylic acids is 2. The highest BCUT2D eigenvalue weighted by Gasteiger charge is 2.32. The number of carboxylic acid groups (broad SMARTS) is 1. The van der Waals surface area contributed by atoms with Crippen molar-refractivity contribution in [2.75, 3.05) is 5.32 Å². The molecule has 0 aromatic carbocycles. The Bertz CT molecular complexity index is 946. The Morgan fingerprint density at radius 1 is 1.22 bits per heavy atom. The molecule has 2 aromatic heterocycles. The number of nitrogens with zero attached hydrogens (tertiary/aromatic N) is 3. The number of H-pyrrole nitrogens is 1. The number of carboxylic acids is 1. The van der Waals surface area contributed by atoms with E-state index in [1.54, 1.807) is 26.8 Å². The van der Waals surface area contributed by atoms with Crippen molar-refractivity contribution in [2.45, 2.75) is 46.5 Å². The van der Waals surface area contributed by atoms with Gasteiger partial charge in [-0.3, -0.25) is 14.6 Å². The van der Waals surface area contributed by atoms with E-state index in [4.69, 9.17) is 0 Å². The van der Waals surface area contributed by atoms with Crippen LogP contribution in [0.15, 0.2) is 10.9 Å². The van der Waals surface area contributed by atoms with E-state index in [0.717, 1.165) is 12.8 Å². The molecule has 9 heteroatoms. The quantitative estimate of drug-likeness (QED) is 0.797. The van der Waals surface area contributed by atoms with Crippen LogP contribution in [0, 0.1) is 32.6 Å². The highest BCUT2D eigenvalue weighted by Crippen LogP contribution is 2.31. The van der Waals surface area contributed by atoms with Crippen LogP contribution < -0.4 is 16.0 Å². The molecule has 2 heterocycles. The maximum Gasteiger partial charge on any atom is 0.255 e. The molecule has 0 aliphatic heterocycles. The van der Waals surface area contributed by atoms with Gasteiger partial charge in [0.1, 0.15) is 5.82 Å². The number of amides is 1. The third-order valence-corrected chi connectivity index (χ3v) is 5.07. The molecule has 2 atom stereocenters. The molecule has 1 saturated carbocycles. The smallest absolute Gasteiger partial charge is 0.255 e. The molecule has 0 saturated heterocycles. The van der Waals surface area contributed by atoms with Gasteiger partial charge in [-0.15, -0.1) is 0 Å². The Labute approximate surface area is 155 Å². The molecule has 9 nitrogen and oxygen atoms in total. The van der Waals surface area contributed by atoms with E-state index >= 15 is 0 Å². The van der Waals surface area contributed by atoms with Crippen LogP contribution in [0.4, 0.5) is 5.82 Å². The number of aryl methyl sites for hydroxylation is 2. The van der Waals surface area contributed by atoms with E-state index in [1.807, 2.05) is 0 Å². The van der Waals surface area contributed by atoms with Gasteiger partial charge in [0.15, 0.2) is 0 Å². The second-order valence-corrected chi connectivity index (χ2v) is 6.99. The Balaban J connectivity index is 1.91. The number of nitrogens with one attached hydrogen (secondary N) is 2. The lowest BCUT2D eigenvalue weighted by molar-refractivity contribution is -0.313. The average Bonchev–Trinajstić information content (AvgIpc) is 2.99. The average molecular weight is 372 g/mol. The summed E-state index contributed by atoms with van der Waals surface area (Å²) in [7, 11) is 0. The lowest BCUT2D eigenvalue weighted by atomic mass is 9.79. The first-order valence-corrected chi connectivity index (χ1v) is 8.94. The van der Waals surface area contributed by atoms with E-state index < -0.39 is 23.7 Å². The summed E-state index contributed by atoms with van der Waals surface area (Å²) in [6.45, 7) is 5.14. The van der Waals surface area contributed by atoms with Crippen LogP contribution in [0.1, 0.15) is 42.6 Å². The third-order valence-electron chi connectivity index (χ3n) is 5.07. The second-order valence-electron chi connectivity index (χ2n) is 6.99. The van der Waals surface area contributed by atoms with Crippen LogP contribution in [0.5, 0.6) is 0 Å². The number of hydrogen-bond acceptors (Lipinski definition) is 6. The molecular formula is C18H22N5O4-. The molecule has 144 valence electrons. The Morgan fingerprint density at radius 2 is 1.89 bits per heavy atom. The molecule has 0 bridgehead atoms. The summed E-state index contributed by atoms with van der Waals surface area (Å²) >= 11 is 0. The van der Waals surface area contributed by atoms with E-state index in [-0.39, 0.29) is 11.5 Å². The molecule has 27 heavy (non-hydrogen) atoms. The first kappa shape index (κ1) is 18.8. The standard InChI is InChI=1S/C18H23N5O4/c1-9-8-14(20-16(25)12-6-4-5-7-13(12)17(26)27)23(22-9)18-19-11(3)10(2)15(24)21-18/h8,12-13H,4-7H2,1-3H3,(H,20,25)(H,26,27)(H,19,21,24)/p-1/t12-,13-/m0/s1. The predicted octanol–water partition coefficient (Wildman–Crippen LogP) is 0.376. The number of hydrogen-bond donors (Lipinski definition) is 2. The fourth-order valence-electron chi connectivity index (χ4n) is 3.43. The van der Waals surface area contributed by atoms with Crippen LogP contribution in [0.25, 0.3) is 5.95 Å². The summed E-state index contributed by atoms with van der Waals surface area (Å²) in [6, 6.07) is 1.64. The molecular weight excluding hydrogens is 350 g/mol. The summed E-state index contributed by atoms with van der Waals surface area (Å²) in [4.78, 5) is 43.1. The van der Waals surface area contributed by atoms with Gasteiger partial charge in [0, 0.05) is 35.1 Å². The van der Waals surface area contributed by atoms with Crippen LogP contribution >= 0.6 is 0 Å². The van der Waals surface area contributed by atoms with Gasteiger partial charge in [0.05, 0.1) is 5.69 Å². The first-order chi connectivity index (χ1) is 12.8. The van der Waals surface area contributed by atoms with Gasteiger partial charge in [-0.25, -0.2) is 4.98 Å². The van der Waals surface area contributed by atoms with Gasteiger partial charge in [0.25, 0.3) is 5.56 Å². The lowest BCUT2D eigenvalue weighted by Gasteiger charge is -2.31. The molecule has 2 N–H and O–H groups in total. The van der Waals surface area contributed by atoms with Crippen molar-refractivity contribution in [2.24, 2.45) is 11.8 Å². The minimum Gasteiger partial charge on any atom is -0.550 e. The molecule has 2 aromatic rings. The molecule has 0 spiro atoms. The topological polar surface area (TPSA) is 133 Å². The number of anilines is 1. The lowest BCUT2D eigenvalue weighted by Crippen LogP contribution is -2.42. The summed E-state index contributed by atoms with van der Waals surface area (Å²) in [5, 5.41) is 18.4. The van der Waals surface area contributed by atoms with Crippen molar-refractivity contribution < 1.29 is 14.7 Å². The van der Waals surface area contributed by atoms with Crippen LogP contribution in [-0.4, -0.2) is 31.6 Å². The molecule has 1 aliphatic carbocycles. The minimum absolute atomic E-state index is 0.187. The third kappa shape index (κ3) is 3.76. The maximum atomic E-state index is 12.7. The monoisotopic (exact) mass is 372 g/mol. The largest absolute Gasteiger partial charge is 0.550 e. The van der Waals surface area contributed by atoms with Gasteiger partial charge in [-0.2, -0.15) is 9.78 Å². The summed E-state index contributed by atoms with van der Waals surface area (Å²) in [5.41, 5.74) is 1.40. The highest BCUT2D eigenvalue weighted by molar-refractivity contribution is 5.94. The predicted molar refractivity (Wildman–Crippen MR) is 95.3 cm³/mol. The minimum atomic E-state index is -1.19. The van der Waals surface area contributed by atoms with Gasteiger partial charge in [-0.05, 0) is 33.6 Å². The Morgan fingerprint density at radius 3 is 2.52 bits per heavy atom. The van der Waals surface area contributed by atoms with Crippen LogP contribution in [0.3, 0.4) is 0 Å². The van der Waals surface area contributed by atoms with Gasteiger partial charge >= 0.3 is 0 Å². The van der Waals surface area contributed by atoms with E-state index in [2.05, 4.69) is 20.4 Å². The number of rotatable bonds is 4. The van der Waals surface area contributed by atoms with Crippen molar-refractivity contribution >= 4 is 17.7 Å². The number of aromatic nitrogens is 4. The first-order valence-electron chi connectivity index (χ1n) is 8.94. The van der Waals surface area contributed by atoms with Gasteiger partial charge in [0.2, 0.25) is 11.9 Å². The fourth-order valence-corrected chi connectivity index (χ4v) is 3.43.